The molecule has 3 N–H and O–H groups in total. The summed E-state index contributed by atoms with van der Waals surface area (Å²) >= 11 is 0. The van der Waals surface area contributed by atoms with Gasteiger partial charge in [-0.05, 0) is 6.07 Å². The lowest BCUT2D eigenvalue weighted by molar-refractivity contribution is -0.137. The molecule has 0 aliphatic carbocycles. The van der Waals surface area contributed by atoms with Crippen LogP contribution < -0.4 is 5.73 Å². The van der Waals surface area contributed by atoms with Crippen LogP contribution in [0.4, 0.5) is 5.82 Å². The van der Waals surface area contributed by atoms with Gasteiger partial charge in [-0.25, -0.2) is 9.97 Å². The van der Waals surface area contributed by atoms with Crippen molar-refractivity contribution in [3.63, 3.8) is 0 Å². The minimum absolute atomic E-state index is 0.190. The Bertz CT molecular complexity index is 746. The standard InChI is InChI=1S/C12H10N4O3/c13-11-10-8(7-1-2-19-5-7)3-16(4-9(17)18)12(10)15-6-14-11/h1-3,5-6H,4H2,(H,17,18)(H2,13,14,15). The van der Waals surface area contributed by atoms with Crippen LogP contribution in [0.1, 0.15) is 0 Å². The van der Waals surface area contributed by atoms with Crippen molar-refractivity contribution in [2.24, 2.45) is 0 Å². The van der Waals surface area contributed by atoms with Gasteiger partial charge in [-0.15, -0.1) is 0 Å². The fraction of sp³-hybridized carbons (Fsp3) is 0.0833. The van der Waals surface area contributed by atoms with E-state index in [0.717, 1.165) is 11.1 Å². The van der Waals surface area contributed by atoms with Crippen LogP contribution in [0.25, 0.3) is 22.2 Å². The van der Waals surface area contributed by atoms with Crippen LogP contribution in [0.5, 0.6) is 0 Å². The zero-order valence-electron chi connectivity index (χ0n) is 9.78. The molecule has 0 spiro atoms. The SMILES string of the molecule is Nc1ncnc2c1c(-c1ccoc1)cn2CC(=O)O. The van der Waals surface area contributed by atoms with E-state index >= 15 is 0 Å². The highest BCUT2D eigenvalue weighted by Crippen LogP contribution is 2.32. The van der Waals surface area contributed by atoms with Gasteiger partial charge in [0.2, 0.25) is 0 Å². The molecule has 7 nitrogen and oxygen atoms in total. The van der Waals surface area contributed by atoms with Gasteiger partial charge in [0.1, 0.15) is 24.3 Å². The molecule has 3 rings (SSSR count). The van der Waals surface area contributed by atoms with Crippen molar-refractivity contribution >= 4 is 22.8 Å². The molecule has 3 heterocycles. The van der Waals surface area contributed by atoms with Crippen LogP contribution in [-0.2, 0) is 11.3 Å². The molecule has 3 aromatic rings. The summed E-state index contributed by atoms with van der Waals surface area (Å²) in [5.74, 6) is -0.641. The molecule has 0 unspecified atom stereocenters. The summed E-state index contributed by atoms with van der Waals surface area (Å²) in [6.45, 7) is -0.190. The fourth-order valence-corrected chi connectivity index (χ4v) is 2.05. The maximum absolute atomic E-state index is 10.9. The van der Waals surface area contributed by atoms with Gasteiger partial charge in [0.15, 0.2) is 0 Å². The number of anilines is 1. The Kier molecular flexibility index (Phi) is 2.45. The van der Waals surface area contributed by atoms with E-state index in [1.165, 1.54) is 17.2 Å². The monoisotopic (exact) mass is 258 g/mol. The number of nitrogens with zero attached hydrogens (tertiary/aromatic N) is 3. The summed E-state index contributed by atoms with van der Waals surface area (Å²) in [5, 5.41) is 9.55. The predicted octanol–water partition coefficient (Wildman–Crippen LogP) is 1.36. The first-order chi connectivity index (χ1) is 9.16. The van der Waals surface area contributed by atoms with Gasteiger partial charge in [0.25, 0.3) is 0 Å². The second kappa shape index (κ2) is 4.13. The van der Waals surface area contributed by atoms with Gasteiger partial charge < -0.3 is 19.8 Å². The lowest BCUT2D eigenvalue weighted by atomic mass is 10.1. The van der Waals surface area contributed by atoms with Gasteiger partial charge in [-0.2, -0.15) is 0 Å². The third kappa shape index (κ3) is 1.81. The Morgan fingerprint density at radius 3 is 3.00 bits per heavy atom. The number of nitrogens with two attached hydrogens (primary N) is 1. The Labute approximate surface area is 107 Å². The van der Waals surface area contributed by atoms with Crippen molar-refractivity contribution in [2.45, 2.75) is 6.54 Å². The van der Waals surface area contributed by atoms with Gasteiger partial charge in [0.05, 0.1) is 17.9 Å². The Morgan fingerprint density at radius 1 is 1.47 bits per heavy atom. The fourth-order valence-electron chi connectivity index (χ4n) is 2.05. The molecule has 0 aromatic carbocycles. The topological polar surface area (TPSA) is 107 Å². The van der Waals surface area contributed by atoms with Crippen molar-refractivity contribution in [2.75, 3.05) is 5.73 Å². The summed E-state index contributed by atoms with van der Waals surface area (Å²) in [6.07, 6.45) is 6.10. The second-order valence-electron chi connectivity index (χ2n) is 4.03. The number of carbonyl (C=O) groups is 1. The molecule has 0 fully saturated rings. The third-order valence-corrected chi connectivity index (χ3v) is 2.82. The lowest BCUT2D eigenvalue weighted by Gasteiger charge is -2.00. The van der Waals surface area contributed by atoms with E-state index in [2.05, 4.69) is 9.97 Å². The lowest BCUT2D eigenvalue weighted by Crippen LogP contribution is -2.08. The molecular formula is C12H10N4O3. The van der Waals surface area contributed by atoms with Crippen LogP contribution in [0, 0.1) is 0 Å². The van der Waals surface area contributed by atoms with Gasteiger partial charge >= 0.3 is 5.97 Å². The third-order valence-electron chi connectivity index (χ3n) is 2.82. The van der Waals surface area contributed by atoms with Crippen LogP contribution in [0.2, 0.25) is 0 Å². The number of hydrogen-bond donors (Lipinski definition) is 2. The van der Waals surface area contributed by atoms with Crippen LogP contribution >= 0.6 is 0 Å². The van der Waals surface area contributed by atoms with Crippen molar-refractivity contribution in [1.29, 1.82) is 0 Å². The number of rotatable bonds is 3. The number of furan rings is 1. The zero-order valence-corrected chi connectivity index (χ0v) is 9.78. The first kappa shape index (κ1) is 11.3. The predicted molar refractivity (Wildman–Crippen MR) is 67.3 cm³/mol. The van der Waals surface area contributed by atoms with Crippen LogP contribution in [0.3, 0.4) is 0 Å². The zero-order chi connectivity index (χ0) is 13.4. The van der Waals surface area contributed by atoms with Crippen molar-refractivity contribution < 1.29 is 14.3 Å². The molecule has 0 saturated heterocycles. The highest BCUT2D eigenvalue weighted by Gasteiger charge is 2.16. The number of hydrogen-bond acceptors (Lipinski definition) is 5. The average molecular weight is 258 g/mol. The first-order valence-electron chi connectivity index (χ1n) is 5.50. The molecule has 7 heteroatoms. The minimum Gasteiger partial charge on any atom is -0.480 e. The normalized spacial score (nSPS) is 10.9. The molecule has 0 atom stereocenters. The van der Waals surface area contributed by atoms with E-state index in [1.807, 2.05) is 0 Å². The minimum atomic E-state index is -0.951. The van der Waals surface area contributed by atoms with Crippen LogP contribution in [0.15, 0.2) is 35.5 Å². The summed E-state index contributed by atoms with van der Waals surface area (Å²) in [7, 11) is 0. The summed E-state index contributed by atoms with van der Waals surface area (Å²) in [5.41, 5.74) is 7.91. The van der Waals surface area contributed by atoms with Gasteiger partial charge in [-0.3, -0.25) is 4.79 Å². The number of carboxylic acids is 1. The molecule has 0 saturated carbocycles. The molecular weight excluding hydrogens is 248 g/mol. The van der Waals surface area contributed by atoms with E-state index in [4.69, 9.17) is 15.3 Å². The highest BCUT2D eigenvalue weighted by molar-refractivity contribution is 6.00. The maximum atomic E-state index is 10.9. The Balaban J connectivity index is 2.30. The molecule has 19 heavy (non-hydrogen) atoms. The summed E-state index contributed by atoms with van der Waals surface area (Å²) in [6, 6.07) is 1.77. The van der Waals surface area contributed by atoms with Gasteiger partial charge in [0, 0.05) is 17.3 Å². The maximum Gasteiger partial charge on any atom is 0.323 e. The Morgan fingerprint density at radius 2 is 2.32 bits per heavy atom. The smallest absolute Gasteiger partial charge is 0.323 e. The van der Waals surface area contributed by atoms with E-state index in [-0.39, 0.29) is 6.54 Å². The number of fused-ring (bicyclic) bond motifs is 1. The molecule has 0 aliphatic heterocycles. The van der Waals surface area contributed by atoms with Crippen molar-refractivity contribution in [1.82, 2.24) is 14.5 Å². The number of carboxylic acid groups (broad SMARTS) is 1. The Hall–Kier alpha value is -2.83. The summed E-state index contributed by atoms with van der Waals surface area (Å²) in [4.78, 5) is 18.9. The second-order valence-corrected chi connectivity index (χ2v) is 4.03. The number of aromatic nitrogens is 3. The average Bonchev–Trinajstić information content (AvgIpc) is 2.97. The summed E-state index contributed by atoms with van der Waals surface area (Å²) < 4.78 is 6.57. The molecule has 0 radical (unpaired) electrons. The number of nitrogen functional groups attached to an aromatic ring is 1. The molecule has 0 bridgehead atoms. The molecule has 0 amide bonds. The van der Waals surface area contributed by atoms with E-state index < -0.39 is 5.97 Å². The van der Waals surface area contributed by atoms with Crippen molar-refractivity contribution in [3.8, 4) is 11.1 Å². The van der Waals surface area contributed by atoms with E-state index in [9.17, 15) is 4.79 Å². The first-order valence-corrected chi connectivity index (χ1v) is 5.50. The molecule has 0 aliphatic rings. The molecule has 3 aromatic heterocycles. The van der Waals surface area contributed by atoms with E-state index in [0.29, 0.717) is 16.9 Å². The molecule has 96 valence electrons. The van der Waals surface area contributed by atoms with E-state index in [1.54, 1.807) is 18.5 Å². The highest BCUT2D eigenvalue weighted by atomic mass is 16.4. The van der Waals surface area contributed by atoms with Crippen LogP contribution in [-0.4, -0.2) is 25.6 Å². The largest absolute Gasteiger partial charge is 0.480 e. The van der Waals surface area contributed by atoms with Gasteiger partial charge in [-0.1, -0.05) is 0 Å². The number of aliphatic carboxylic acids is 1. The van der Waals surface area contributed by atoms with Crippen molar-refractivity contribution in [3.05, 3.63) is 31.1 Å². The quantitative estimate of drug-likeness (QED) is 0.734.